The maximum absolute atomic E-state index is 11.4. The SMILES string of the molecule is C[C@H](C[C@H](C)C(=O)O)[C@H]1CCC2C3C(O)[C@H](O)C4C[C@H](O)CC[C@]4(C)C3CC[C@@]21C. The van der Waals surface area contributed by atoms with E-state index in [9.17, 15) is 25.2 Å². The Balaban J connectivity index is 1.59. The molecule has 5 heteroatoms. The largest absolute Gasteiger partial charge is 0.481 e. The number of carboxylic acid groups (broad SMARTS) is 1. The molecule has 12 atom stereocenters. The lowest BCUT2D eigenvalue weighted by Gasteiger charge is -2.63. The molecule has 4 N–H and O–H groups in total. The van der Waals surface area contributed by atoms with Crippen LogP contribution in [0.25, 0.3) is 0 Å². The standard InChI is InChI=1S/C25H42O5/c1-13(11-14(2)23(29)30)16-5-6-17-20-18(8-10-24(16,17)3)25(4)9-7-15(26)12-19(25)21(27)22(20)28/h13-22,26-28H,5-12H2,1-4H3,(H,29,30)/t13-,14+,15-,16-,17?,18?,19?,20?,21-,22?,24-,25-/m1/s1. The molecule has 4 rings (SSSR count). The molecule has 0 amide bonds. The summed E-state index contributed by atoms with van der Waals surface area (Å²) in [6.45, 7) is 8.72. The van der Waals surface area contributed by atoms with Gasteiger partial charge in [-0.2, -0.15) is 0 Å². The van der Waals surface area contributed by atoms with E-state index in [1.54, 1.807) is 0 Å². The maximum Gasteiger partial charge on any atom is 0.306 e. The van der Waals surface area contributed by atoms with Crippen LogP contribution in [0.2, 0.25) is 0 Å². The van der Waals surface area contributed by atoms with E-state index in [0.29, 0.717) is 36.5 Å². The summed E-state index contributed by atoms with van der Waals surface area (Å²) in [5.74, 6) is 0.675. The third-order valence-corrected chi connectivity index (χ3v) is 10.6. The van der Waals surface area contributed by atoms with Gasteiger partial charge < -0.3 is 20.4 Å². The maximum atomic E-state index is 11.4. The third kappa shape index (κ3) is 3.26. The van der Waals surface area contributed by atoms with E-state index < -0.39 is 18.2 Å². The first-order chi connectivity index (χ1) is 14.0. The molecular formula is C25H42O5. The molecule has 0 bridgehead atoms. The molecule has 0 saturated heterocycles. The number of hydrogen-bond acceptors (Lipinski definition) is 4. The molecule has 0 aromatic heterocycles. The first kappa shape index (κ1) is 22.5. The Morgan fingerprint density at radius 3 is 2.20 bits per heavy atom. The van der Waals surface area contributed by atoms with Crippen molar-refractivity contribution in [2.75, 3.05) is 0 Å². The van der Waals surface area contributed by atoms with Crippen molar-refractivity contribution in [3.63, 3.8) is 0 Å². The van der Waals surface area contributed by atoms with Gasteiger partial charge in [-0.1, -0.05) is 27.7 Å². The molecule has 5 unspecified atom stereocenters. The van der Waals surface area contributed by atoms with Crippen molar-refractivity contribution in [3.8, 4) is 0 Å². The Labute approximate surface area is 181 Å². The minimum Gasteiger partial charge on any atom is -0.481 e. The quantitative estimate of drug-likeness (QED) is 0.554. The van der Waals surface area contributed by atoms with E-state index in [1.807, 2.05) is 6.92 Å². The zero-order chi connectivity index (χ0) is 22.0. The number of hydrogen-bond donors (Lipinski definition) is 4. The summed E-state index contributed by atoms with van der Waals surface area (Å²) in [4.78, 5) is 11.4. The van der Waals surface area contributed by atoms with E-state index in [-0.39, 0.29) is 34.7 Å². The van der Waals surface area contributed by atoms with Gasteiger partial charge in [0.2, 0.25) is 0 Å². The fourth-order valence-corrected chi connectivity index (χ4v) is 9.04. The number of fused-ring (bicyclic) bond motifs is 5. The molecule has 0 radical (unpaired) electrons. The van der Waals surface area contributed by atoms with Gasteiger partial charge in [-0.25, -0.2) is 0 Å². The van der Waals surface area contributed by atoms with Crippen LogP contribution in [0.3, 0.4) is 0 Å². The fourth-order valence-electron chi connectivity index (χ4n) is 9.04. The van der Waals surface area contributed by atoms with Crippen molar-refractivity contribution in [2.24, 2.45) is 52.3 Å². The molecule has 4 aliphatic rings. The van der Waals surface area contributed by atoms with Crippen LogP contribution in [-0.2, 0) is 4.79 Å². The summed E-state index contributed by atoms with van der Waals surface area (Å²) in [6.07, 6.45) is 5.59. The molecule has 5 nitrogen and oxygen atoms in total. The van der Waals surface area contributed by atoms with Gasteiger partial charge in [0.25, 0.3) is 0 Å². The van der Waals surface area contributed by atoms with Crippen LogP contribution in [0.4, 0.5) is 0 Å². The Morgan fingerprint density at radius 2 is 1.53 bits per heavy atom. The molecule has 4 aliphatic carbocycles. The summed E-state index contributed by atoms with van der Waals surface area (Å²) in [5, 5.41) is 42.0. The van der Waals surface area contributed by atoms with E-state index >= 15 is 0 Å². The van der Waals surface area contributed by atoms with Crippen LogP contribution >= 0.6 is 0 Å². The van der Waals surface area contributed by atoms with Crippen molar-refractivity contribution in [3.05, 3.63) is 0 Å². The molecule has 0 aromatic carbocycles. The Morgan fingerprint density at radius 1 is 0.900 bits per heavy atom. The summed E-state index contributed by atoms with van der Waals surface area (Å²) >= 11 is 0. The molecule has 0 spiro atoms. The lowest BCUT2D eigenvalue weighted by atomic mass is 9.43. The summed E-state index contributed by atoms with van der Waals surface area (Å²) < 4.78 is 0. The third-order valence-electron chi connectivity index (χ3n) is 10.6. The van der Waals surface area contributed by atoms with Gasteiger partial charge in [0.1, 0.15) is 0 Å². The van der Waals surface area contributed by atoms with E-state index in [2.05, 4.69) is 20.8 Å². The van der Waals surface area contributed by atoms with Crippen LogP contribution in [0.5, 0.6) is 0 Å². The normalized spacial score (nSPS) is 52.6. The van der Waals surface area contributed by atoms with Crippen molar-refractivity contribution in [1.82, 2.24) is 0 Å². The Bertz CT molecular complexity index is 666. The van der Waals surface area contributed by atoms with Crippen molar-refractivity contribution >= 4 is 5.97 Å². The number of rotatable bonds is 4. The van der Waals surface area contributed by atoms with Crippen molar-refractivity contribution in [2.45, 2.75) is 97.4 Å². The van der Waals surface area contributed by atoms with Crippen LogP contribution < -0.4 is 0 Å². The minimum atomic E-state index is -0.753. The van der Waals surface area contributed by atoms with Gasteiger partial charge in [-0.05, 0) is 97.7 Å². The van der Waals surface area contributed by atoms with Gasteiger partial charge in [0, 0.05) is 0 Å². The van der Waals surface area contributed by atoms with Crippen LogP contribution in [0.15, 0.2) is 0 Å². The van der Waals surface area contributed by atoms with Crippen molar-refractivity contribution in [1.29, 1.82) is 0 Å². The number of aliphatic carboxylic acids is 1. The van der Waals surface area contributed by atoms with Crippen LogP contribution in [0, 0.1) is 52.3 Å². The number of aliphatic hydroxyl groups excluding tert-OH is 3. The summed E-state index contributed by atoms with van der Waals surface area (Å²) in [5.41, 5.74) is 0.0995. The first-order valence-electron chi connectivity index (χ1n) is 12.3. The Kier molecular flexibility index (Phi) is 5.81. The van der Waals surface area contributed by atoms with E-state index in [4.69, 9.17) is 0 Å². The topological polar surface area (TPSA) is 98.0 Å². The molecule has 30 heavy (non-hydrogen) atoms. The number of carboxylic acids is 1. The smallest absolute Gasteiger partial charge is 0.306 e. The zero-order valence-corrected chi connectivity index (χ0v) is 19.1. The van der Waals surface area contributed by atoms with Gasteiger partial charge in [0.05, 0.1) is 24.2 Å². The summed E-state index contributed by atoms with van der Waals surface area (Å²) in [7, 11) is 0. The van der Waals surface area contributed by atoms with Gasteiger partial charge in [0.15, 0.2) is 0 Å². The zero-order valence-electron chi connectivity index (χ0n) is 19.1. The highest BCUT2D eigenvalue weighted by Crippen LogP contribution is 2.68. The molecule has 0 aliphatic heterocycles. The average molecular weight is 423 g/mol. The predicted molar refractivity (Wildman–Crippen MR) is 115 cm³/mol. The highest BCUT2D eigenvalue weighted by molar-refractivity contribution is 5.69. The average Bonchev–Trinajstić information content (AvgIpc) is 3.04. The van der Waals surface area contributed by atoms with Gasteiger partial charge >= 0.3 is 5.97 Å². The fraction of sp³-hybridized carbons (Fsp3) is 0.960. The molecule has 0 heterocycles. The number of carbonyl (C=O) groups is 1. The van der Waals surface area contributed by atoms with Crippen LogP contribution in [0.1, 0.15) is 79.1 Å². The second-order valence-electron chi connectivity index (χ2n) is 12.0. The second kappa shape index (κ2) is 7.74. The second-order valence-corrected chi connectivity index (χ2v) is 12.0. The summed E-state index contributed by atoms with van der Waals surface area (Å²) in [6, 6.07) is 0. The minimum absolute atomic E-state index is 0.00853. The molecule has 4 saturated carbocycles. The lowest BCUT2D eigenvalue weighted by Crippen LogP contribution is -2.64. The predicted octanol–water partition coefficient (Wildman–Crippen LogP) is 3.69. The highest BCUT2D eigenvalue weighted by atomic mass is 16.4. The first-order valence-corrected chi connectivity index (χ1v) is 12.3. The molecule has 0 aromatic rings. The molecule has 172 valence electrons. The van der Waals surface area contributed by atoms with Gasteiger partial charge in [-0.15, -0.1) is 0 Å². The lowest BCUT2D eigenvalue weighted by molar-refractivity contribution is -0.223. The number of aliphatic hydroxyl groups is 3. The van der Waals surface area contributed by atoms with E-state index in [0.717, 1.165) is 38.5 Å². The monoisotopic (exact) mass is 422 g/mol. The van der Waals surface area contributed by atoms with Crippen LogP contribution in [-0.4, -0.2) is 44.7 Å². The molecular weight excluding hydrogens is 380 g/mol. The van der Waals surface area contributed by atoms with Gasteiger partial charge in [-0.3, -0.25) is 4.79 Å². The van der Waals surface area contributed by atoms with Crippen molar-refractivity contribution < 1.29 is 25.2 Å². The van der Waals surface area contributed by atoms with E-state index in [1.165, 1.54) is 0 Å². The molecule has 4 fully saturated rings. The highest BCUT2D eigenvalue weighted by Gasteiger charge is 2.65. The Hall–Kier alpha value is -0.650.